The monoisotopic (exact) mass is 267 g/mol. The number of nitrogens with zero attached hydrogens (tertiary/aromatic N) is 2. The summed E-state index contributed by atoms with van der Waals surface area (Å²) < 4.78 is 0. The van der Waals surface area contributed by atoms with Crippen LogP contribution in [0.5, 0.6) is 0 Å². The van der Waals surface area contributed by atoms with E-state index >= 15 is 0 Å². The Balaban J connectivity index is 1.99. The first-order valence-electron chi connectivity index (χ1n) is 7.21. The molecule has 0 saturated heterocycles. The number of hydrogen-bond donors (Lipinski definition) is 1. The number of hydrogen-bond acceptors (Lipinski definition) is 4. The van der Waals surface area contributed by atoms with Gasteiger partial charge in [0.15, 0.2) is 5.13 Å². The van der Waals surface area contributed by atoms with Crippen molar-refractivity contribution in [2.24, 2.45) is 0 Å². The Hall–Kier alpha value is -0.610. The summed E-state index contributed by atoms with van der Waals surface area (Å²) >= 11 is 1.80. The minimum absolute atomic E-state index is 0.373. The third kappa shape index (κ3) is 3.45. The Morgan fingerprint density at radius 1 is 1.44 bits per heavy atom. The van der Waals surface area contributed by atoms with E-state index in [0.29, 0.717) is 6.04 Å². The van der Waals surface area contributed by atoms with E-state index in [0.717, 1.165) is 19.1 Å². The maximum Gasteiger partial charge on any atom is 0.185 e. The van der Waals surface area contributed by atoms with Crippen LogP contribution in [0, 0.1) is 0 Å². The number of thiazole rings is 1. The lowest BCUT2D eigenvalue weighted by molar-refractivity contribution is 0.560. The normalized spacial score (nSPS) is 16.8. The lowest BCUT2D eigenvalue weighted by Crippen LogP contribution is -2.26. The van der Waals surface area contributed by atoms with Gasteiger partial charge in [0.05, 0.1) is 5.69 Å². The van der Waals surface area contributed by atoms with E-state index < -0.39 is 0 Å². The van der Waals surface area contributed by atoms with Gasteiger partial charge in [-0.1, -0.05) is 13.8 Å². The molecule has 1 unspecified atom stereocenters. The molecule has 0 radical (unpaired) electrons. The average Bonchev–Trinajstić information content (AvgIpc) is 3.09. The molecule has 102 valence electrons. The first kappa shape index (κ1) is 13.8. The molecule has 1 aromatic heterocycles. The Morgan fingerprint density at radius 3 is 2.83 bits per heavy atom. The van der Waals surface area contributed by atoms with Crippen LogP contribution < -0.4 is 10.2 Å². The molecule has 2 rings (SSSR count). The Bertz CT molecular complexity index is 360. The molecule has 0 spiro atoms. The molecule has 1 N–H and O–H groups in total. The fourth-order valence-electron chi connectivity index (χ4n) is 2.13. The number of rotatable bonds is 8. The summed E-state index contributed by atoms with van der Waals surface area (Å²) in [6.45, 7) is 8.86. The van der Waals surface area contributed by atoms with Crippen molar-refractivity contribution in [1.29, 1.82) is 0 Å². The van der Waals surface area contributed by atoms with Crippen molar-refractivity contribution < 1.29 is 0 Å². The minimum Gasteiger partial charge on any atom is -0.345 e. The molecule has 18 heavy (non-hydrogen) atoms. The topological polar surface area (TPSA) is 28.2 Å². The largest absolute Gasteiger partial charge is 0.345 e. The van der Waals surface area contributed by atoms with Crippen LogP contribution >= 0.6 is 11.3 Å². The Morgan fingerprint density at radius 2 is 2.22 bits per heavy atom. The van der Waals surface area contributed by atoms with Crippen molar-refractivity contribution in [3.63, 3.8) is 0 Å². The highest BCUT2D eigenvalue weighted by Gasteiger charge is 2.30. The molecule has 1 aromatic rings. The molecule has 1 heterocycles. The van der Waals surface area contributed by atoms with Gasteiger partial charge in [-0.15, -0.1) is 11.3 Å². The molecule has 1 saturated carbocycles. The molecule has 0 aromatic carbocycles. The summed E-state index contributed by atoms with van der Waals surface area (Å²) in [6.07, 6.45) is 5.07. The van der Waals surface area contributed by atoms with E-state index in [1.165, 1.54) is 36.5 Å². The molecule has 0 aliphatic heterocycles. The Kier molecular flexibility index (Phi) is 5.01. The van der Waals surface area contributed by atoms with E-state index in [2.05, 4.69) is 36.4 Å². The highest BCUT2D eigenvalue weighted by Crippen LogP contribution is 2.34. The van der Waals surface area contributed by atoms with Crippen molar-refractivity contribution in [3.8, 4) is 0 Å². The van der Waals surface area contributed by atoms with Gasteiger partial charge < -0.3 is 10.2 Å². The fraction of sp³-hybridized carbons (Fsp3) is 0.786. The van der Waals surface area contributed by atoms with Crippen LogP contribution in [0.4, 0.5) is 5.13 Å². The summed E-state index contributed by atoms with van der Waals surface area (Å²) in [6, 6.07) is 1.14. The lowest BCUT2D eigenvalue weighted by atomic mass is 10.2. The average molecular weight is 267 g/mol. The van der Waals surface area contributed by atoms with Gasteiger partial charge >= 0.3 is 0 Å². The molecular formula is C14H25N3S. The third-order valence-electron chi connectivity index (χ3n) is 3.35. The molecule has 1 aliphatic rings. The van der Waals surface area contributed by atoms with Crippen molar-refractivity contribution in [2.75, 3.05) is 18.0 Å². The van der Waals surface area contributed by atoms with Crippen LogP contribution in [0.3, 0.4) is 0 Å². The van der Waals surface area contributed by atoms with E-state index in [1.807, 2.05) is 0 Å². The lowest BCUT2D eigenvalue weighted by Gasteiger charge is -2.20. The third-order valence-corrected chi connectivity index (χ3v) is 4.25. The molecule has 1 fully saturated rings. The van der Waals surface area contributed by atoms with Gasteiger partial charge in [-0.2, -0.15) is 0 Å². The zero-order valence-electron chi connectivity index (χ0n) is 11.8. The highest BCUT2D eigenvalue weighted by molar-refractivity contribution is 7.13. The first-order chi connectivity index (χ1) is 8.76. The molecule has 0 bridgehead atoms. The van der Waals surface area contributed by atoms with E-state index in [4.69, 9.17) is 4.98 Å². The van der Waals surface area contributed by atoms with Crippen LogP contribution in [0.1, 0.15) is 58.2 Å². The quantitative estimate of drug-likeness (QED) is 0.780. The van der Waals surface area contributed by atoms with Gasteiger partial charge in [0, 0.05) is 24.0 Å². The number of anilines is 1. The van der Waals surface area contributed by atoms with Crippen LogP contribution in [-0.4, -0.2) is 24.1 Å². The predicted octanol–water partition coefficient (Wildman–Crippen LogP) is 3.58. The first-order valence-corrected chi connectivity index (χ1v) is 8.09. The highest BCUT2D eigenvalue weighted by atomic mass is 32.1. The van der Waals surface area contributed by atoms with Crippen LogP contribution in [-0.2, 0) is 0 Å². The van der Waals surface area contributed by atoms with Gasteiger partial charge in [-0.3, -0.25) is 0 Å². The second kappa shape index (κ2) is 6.53. The second-order valence-corrected chi connectivity index (χ2v) is 5.99. The SMILES string of the molecule is CCCNC(C)c1csc(N(CCC)C2CC2)n1. The smallest absolute Gasteiger partial charge is 0.185 e. The van der Waals surface area contributed by atoms with Gasteiger partial charge in [-0.25, -0.2) is 4.98 Å². The molecule has 1 atom stereocenters. The predicted molar refractivity (Wildman–Crippen MR) is 79.5 cm³/mol. The summed E-state index contributed by atoms with van der Waals surface area (Å²) in [5, 5.41) is 6.94. The standard InChI is InChI=1S/C14H25N3S/c1-4-8-15-11(3)13-10-18-14(16-13)17(9-5-2)12-6-7-12/h10-12,15H,4-9H2,1-3H3. The molecular weight excluding hydrogens is 242 g/mol. The minimum atomic E-state index is 0.373. The summed E-state index contributed by atoms with van der Waals surface area (Å²) in [5.41, 5.74) is 1.20. The maximum atomic E-state index is 4.83. The molecule has 0 amide bonds. The zero-order valence-corrected chi connectivity index (χ0v) is 12.6. The van der Waals surface area contributed by atoms with E-state index in [9.17, 15) is 0 Å². The molecule has 4 heteroatoms. The van der Waals surface area contributed by atoms with Crippen molar-refractivity contribution >= 4 is 16.5 Å². The number of nitrogens with one attached hydrogen (secondary N) is 1. The fourth-order valence-corrected chi connectivity index (χ4v) is 3.15. The summed E-state index contributed by atoms with van der Waals surface area (Å²) in [5.74, 6) is 0. The van der Waals surface area contributed by atoms with Gasteiger partial charge in [0.2, 0.25) is 0 Å². The number of aromatic nitrogens is 1. The Labute approximate surface area is 115 Å². The van der Waals surface area contributed by atoms with Crippen LogP contribution in [0.15, 0.2) is 5.38 Å². The van der Waals surface area contributed by atoms with Crippen molar-refractivity contribution in [3.05, 3.63) is 11.1 Å². The van der Waals surface area contributed by atoms with Crippen molar-refractivity contribution in [1.82, 2.24) is 10.3 Å². The summed E-state index contributed by atoms with van der Waals surface area (Å²) in [4.78, 5) is 7.33. The summed E-state index contributed by atoms with van der Waals surface area (Å²) in [7, 11) is 0. The zero-order chi connectivity index (χ0) is 13.0. The maximum absolute atomic E-state index is 4.83. The molecule has 3 nitrogen and oxygen atoms in total. The van der Waals surface area contributed by atoms with Gasteiger partial charge in [-0.05, 0) is 39.2 Å². The second-order valence-electron chi connectivity index (χ2n) is 5.16. The van der Waals surface area contributed by atoms with Gasteiger partial charge in [0.25, 0.3) is 0 Å². The van der Waals surface area contributed by atoms with E-state index in [-0.39, 0.29) is 0 Å². The van der Waals surface area contributed by atoms with Crippen LogP contribution in [0.2, 0.25) is 0 Å². The van der Waals surface area contributed by atoms with Crippen molar-refractivity contribution in [2.45, 2.75) is 58.5 Å². The molecule has 1 aliphatic carbocycles. The van der Waals surface area contributed by atoms with Crippen LogP contribution in [0.25, 0.3) is 0 Å². The van der Waals surface area contributed by atoms with E-state index in [1.54, 1.807) is 11.3 Å². The van der Waals surface area contributed by atoms with Gasteiger partial charge in [0.1, 0.15) is 0 Å².